The molecule has 1 fully saturated rings. The van der Waals surface area contributed by atoms with Crippen LogP contribution in [0.15, 0.2) is 48.6 Å². The molecule has 2 nitrogen and oxygen atoms in total. The highest BCUT2D eigenvalue weighted by Gasteiger charge is 2.30. The van der Waals surface area contributed by atoms with Crippen molar-refractivity contribution < 1.29 is 27.0 Å². The van der Waals surface area contributed by atoms with Gasteiger partial charge in [0.2, 0.25) is 0 Å². The fourth-order valence-electron chi connectivity index (χ4n) is 4.21. The predicted octanol–water partition coefficient (Wildman–Crippen LogP) is 6.66. The Morgan fingerprint density at radius 2 is 1.58 bits per heavy atom. The number of hydrogen-bond donors (Lipinski definition) is 0. The highest BCUT2D eigenvalue weighted by Crippen LogP contribution is 2.36. The van der Waals surface area contributed by atoms with Gasteiger partial charge in [0.15, 0.2) is 23.7 Å². The van der Waals surface area contributed by atoms with Gasteiger partial charge >= 0.3 is 0 Å². The van der Waals surface area contributed by atoms with Gasteiger partial charge < -0.3 is 9.47 Å². The summed E-state index contributed by atoms with van der Waals surface area (Å²) in [5.74, 6) is -4.32. The van der Waals surface area contributed by atoms with Gasteiger partial charge in [-0.05, 0) is 61.1 Å². The zero-order chi connectivity index (χ0) is 22.0. The van der Waals surface area contributed by atoms with E-state index >= 15 is 0 Å². The Labute approximate surface area is 179 Å². The highest BCUT2D eigenvalue weighted by molar-refractivity contribution is 5.71. The topological polar surface area (TPSA) is 18.5 Å². The molecule has 1 aliphatic carbocycles. The third-order valence-corrected chi connectivity index (χ3v) is 5.88. The molecule has 2 aliphatic rings. The minimum Gasteiger partial charge on any atom is -0.352 e. The van der Waals surface area contributed by atoms with Crippen molar-refractivity contribution in [2.75, 3.05) is 13.2 Å². The molecular formula is C25H24F4O2. The van der Waals surface area contributed by atoms with Crippen LogP contribution in [0.5, 0.6) is 0 Å². The number of rotatable bonds is 4. The normalized spacial score (nSPS) is 24.4. The second-order valence-electron chi connectivity index (χ2n) is 8.03. The van der Waals surface area contributed by atoms with E-state index in [9.17, 15) is 17.6 Å². The van der Waals surface area contributed by atoms with Crippen LogP contribution in [0.3, 0.4) is 0 Å². The summed E-state index contributed by atoms with van der Waals surface area (Å²) in [6.07, 6.45) is 8.33. The minimum absolute atomic E-state index is 0.0236. The first-order valence-corrected chi connectivity index (χ1v) is 10.5. The summed E-state index contributed by atoms with van der Waals surface area (Å²) >= 11 is 0. The first kappa shape index (κ1) is 21.8. The molecule has 1 aliphatic heterocycles. The summed E-state index contributed by atoms with van der Waals surface area (Å²) in [6, 6.07) is 6.14. The molecule has 1 saturated heterocycles. The Morgan fingerprint density at radius 3 is 2.16 bits per heavy atom. The molecule has 31 heavy (non-hydrogen) atoms. The Kier molecular flexibility index (Phi) is 6.58. The molecule has 6 heteroatoms. The summed E-state index contributed by atoms with van der Waals surface area (Å²) in [7, 11) is 0. The molecule has 1 heterocycles. The fourth-order valence-corrected chi connectivity index (χ4v) is 4.21. The van der Waals surface area contributed by atoms with Gasteiger partial charge in [-0.2, -0.15) is 0 Å². The molecule has 0 spiro atoms. The SMILES string of the molecule is C/C=C/C1COC(C2CC=C(c3ccc(-c4cc(F)c(F)c(F)c4)c(F)c3)CC2)OC1. The standard InChI is InChI=1S/C25H24F4O2/c1-2-3-15-13-30-25(31-14-15)17-6-4-16(5-7-17)18-8-9-20(21(26)10-18)19-11-22(27)24(29)23(28)12-19/h2-4,8-12,15,17,25H,5-7,13-14H2,1H3/b3-2+. The molecule has 2 aromatic carbocycles. The predicted molar refractivity (Wildman–Crippen MR) is 111 cm³/mol. The van der Waals surface area contributed by atoms with Crippen molar-refractivity contribution in [2.24, 2.45) is 11.8 Å². The van der Waals surface area contributed by atoms with E-state index in [4.69, 9.17) is 9.47 Å². The van der Waals surface area contributed by atoms with Gasteiger partial charge in [-0.3, -0.25) is 0 Å². The second kappa shape index (κ2) is 9.37. The average Bonchev–Trinajstić information content (AvgIpc) is 2.78. The zero-order valence-electron chi connectivity index (χ0n) is 17.2. The van der Waals surface area contributed by atoms with Crippen LogP contribution in [0, 0.1) is 35.1 Å². The molecule has 1 unspecified atom stereocenters. The van der Waals surface area contributed by atoms with Gasteiger partial charge in [0.1, 0.15) is 5.82 Å². The number of halogens is 4. The largest absolute Gasteiger partial charge is 0.352 e. The lowest BCUT2D eigenvalue weighted by molar-refractivity contribution is -0.218. The van der Waals surface area contributed by atoms with Gasteiger partial charge in [0, 0.05) is 17.4 Å². The number of hydrogen-bond acceptors (Lipinski definition) is 2. The van der Waals surface area contributed by atoms with E-state index in [1.807, 2.05) is 13.0 Å². The molecule has 4 rings (SSSR count). The van der Waals surface area contributed by atoms with E-state index in [1.54, 1.807) is 6.07 Å². The number of benzene rings is 2. The maximum absolute atomic E-state index is 14.7. The molecule has 0 aromatic heterocycles. The molecular weight excluding hydrogens is 408 g/mol. The smallest absolute Gasteiger partial charge is 0.194 e. The van der Waals surface area contributed by atoms with E-state index in [0.29, 0.717) is 19.1 Å². The maximum Gasteiger partial charge on any atom is 0.194 e. The van der Waals surface area contributed by atoms with Crippen LogP contribution >= 0.6 is 0 Å². The van der Waals surface area contributed by atoms with E-state index < -0.39 is 23.3 Å². The van der Waals surface area contributed by atoms with Crippen LogP contribution in [0.2, 0.25) is 0 Å². The first-order chi connectivity index (χ1) is 15.0. The van der Waals surface area contributed by atoms with Crippen molar-refractivity contribution in [1.29, 1.82) is 0 Å². The molecule has 0 saturated carbocycles. The van der Waals surface area contributed by atoms with Gasteiger partial charge in [-0.25, -0.2) is 17.6 Å². The Hall–Kier alpha value is -2.44. The minimum atomic E-state index is -1.56. The Balaban J connectivity index is 1.45. The maximum atomic E-state index is 14.7. The van der Waals surface area contributed by atoms with Crippen molar-refractivity contribution >= 4 is 5.57 Å². The summed E-state index contributed by atoms with van der Waals surface area (Å²) in [5.41, 5.74) is 1.72. The Morgan fingerprint density at radius 1 is 0.903 bits per heavy atom. The number of ether oxygens (including phenoxy) is 2. The molecule has 1 atom stereocenters. The summed E-state index contributed by atoms with van der Waals surface area (Å²) in [4.78, 5) is 0. The van der Waals surface area contributed by atoms with Crippen LogP contribution in [0.4, 0.5) is 17.6 Å². The summed E-state index contributed by atoms with van der Waals surface area (Å²) < 4.78 is 66.7. The molecule has 2 aromatic rings. The van der Waals surface area contributed by atoms with E-state index in [0.717, 1.165) is 42.5 Å². The zero-order valence-corrected chi connectivity index (χ0v) is 17.2. The average molecular weight is 432 g/mol. The van der Waals surface area contributed by atoms with E-state index in [-0.39, 0.29) is 23.3 Å². The third-order valence-electron chi connectivity index (χ3n) is 5.88. The van der Waals surface area contributed by atoms with Crippen molar-refractivity contribution in [3.63, 3.8) is 0 Å². The van der Waals surface area contributed by atoms with Crippen LogP contribution in [-0.4, -0.2) is 19.5 Å². The molecule has 0 amide bonds. The monoisotopic (exact) mass is 432 g/mol. The quantitative estimate of drug-likeness (QED) is 0.306. The molecule has 0 bridgehead atoms. The van der Waals surface area contributed by atoms with Gasteiger partial charge in [-0.15, -0.1) is 0 Å². The third kappa shape index (κ3) is 4.75. The lowest BCUT2D eigenvalue weighted by atomic mass is 9.85. The van der Waals surface area contributed by atoms with Crippen LogP contribution in [0.25, 0.3) is 16.7 Å². The fraction of sp³-hybridized carbons (Fsp3) is 0.360. The lowest BCUT2D eigenvalue weighted by Crippen LogP contribution is -2.37. The van der Waals surface area contributed by atoms with E-state index in [1.165, 1.54) is 12.1 Å². The summed E-state index contributed by atoms with van der Waals surface area (Å²) in [6.45, 7) is 3.28. The van der Waals surface area contributed by atoms with Crippen LogP contribution in [0.1, 0.15) is 31.7 Å². The summed E-state index contributed by atoms with van der Waals surface area (Å²) in [5, 5.41) is 0. The molecule has 164 valence electrons. The van der Waals surface area contributed by atoms with Gasteiger partial charge in [-0.1, -0.05) is 30.4 Å². The van der Waals surface area contributed by atoms with Crippen molar-refractivity contribution in [3.05, 3.63) is 77.4 Å². The van der Waals surface area contributed by atoms with E-state index in [2.05, 4.69) is 12.2 Å². The van der Waals surface area contributed by atoms with Crippen LogP contribution in [-0.2, 0) is 9.47 Å². The lowest BCUT2D eigenvalue weighted by Gasteiger charge is -2.34. The Bertz CT molecular complexity index is 984. The van der Waals surface area contributed by atoms with Crippen molar-refractivity contribution in [2.45, 2.75) is 32.5 Å². The highest BCUT2D eigenvalue weighted by atomic mass is 19.2. The van der Waals surface area contributed by atoms with Crippen molar-refractivity contribution in [1.82, 2.24) is 0 Å². The molecule has 0 N–H and O–H groups in total. The van der Waals surface area contributed by atoms with Crippen molar-refractivity contribution in [3.8, 4) is 11.1 Å². The van der Waals surface area contributed by atoms with Gasteiger partial charge in [0.25, 0.3) is 0 Å². The second-order valence-corrected chi connectivity index (χ2v) is 8.03. The first-order valence-electron chi connectivity index (χ1n) is 10.5. The van der Waals surface area contributed by atoms with Crippen LogP contribution < -0.4 is 0 Å². The van der Waals surface area contributed by atoms with Gasteiger partial charge in [0.05, 0.1) is 13.2 Å². The molecule has 0 radical (unpaired) electrons. The number of allylic oxidation sites excluding steroid dienone is 3.